The third kappa shape index (κ3) is 2.54. The summed E-state index contributed by atoms with van der Waals surface area (Å²) in [5, 5.41) is 0. The molecule has 0 fully saturated rings. The summed E-state index contributed by atoms with van der Waals surface area (Å²) in [4.78, 5) is 0. The first-order valence-electron chi connectivity index (χ1n) is 6.56. The quantitative estimate of drug-likeness (QED) is 0.874. The molecular weight excluding hydrogens is 257 g/mol. The molecule has 0 aliphatic carbocycles. The first kappa shape index (κ1) is 12.8. The molecule has 3 nitrogen and oxygen atoms in total. The summed E-state index contributed by atoms with van der Waals surface area (Å²) < 4.78 is 24.5. The van der Waals surface area contributed by atoms with E-state index in [1.807, 2.05) is 25.1 Å². The summed E-state index contributed by atoms with van der Waals surface area (Å²) in [6, 6.07) is 10.2. The fourth-order valence-electron chi connectivity index (χ4n) is 2.36. The van der Waals surface area contributed by atoms with Crippen molar-refractivity contribution in [2.75, 3.05) is 12.3 Å². The molecular formula is C16H16FNO2. The van der Waals surface area contributed by atoms with Gasteiger partial charge in [0.05, 0.1) is 5.69 Å². The number of ether oxygens (including phenoxy) is 2. The standard InChI is InChI=1S/C16H16FNO2/c1-10-2-4-16(14(18)6-10)19-9-13-8-11-7-12(17)3-5-15(11)20-13/h2-7,13H,8-9,18H2,1H3. The van der Waals surface area contributed by atoms with Gasteiger partial charge in [0.2, 0.25) is 0 Å². The van der Waals surface area contributed by atoms with Crippen molar-refractivity contribution in [2.24, 2.45) is 0 Å². The van der Waals surface area contributed by atoms with Crippen LogP contribution in [-0.4, -0.2) is 12.7 Å². The van der Waals surface area contributed by atoms with Crippen LogP contribution in [0.2, 0.25) is 0 Å². The van der Waals surface area contributed by atoms with E-state index in [2.05, 4.69) is 0 Å². The van der Waals surface area contributed by atoms with Crippen LogP contribution in [0, 0.1) is 12.7 Å². The first-order valence-corrected chi connectivity index (χ1v) is 6.56. The summed E-state index contributed by atoms with van der Waals surface area (Å²) in [7, 11) is 0. The summed E-state index contributed by atoms with van der Waals surface area (Å²) in [5.74, 6) is 1.15. The highest BCUT2D eigenvalue weighted by Gasteiger charge is 2.24. The van der Waals surface area contributed by atoms with Gasteiger partial charge in [-0.1, -0.05) is 6.07 Å². The summed E-state index contributed by atoms with van der Waals surface area (Å²) in [5.41, 5.74) is 8.49. The van der Waals surface area contributed by atoms with Crippen LogP contribution < -0.4 is 15.2 Å². The van der Waals surface area contributed by atoms with Crippen molar-refractivity contribution in [3.8, 4) is 11.5 Å². The van der Waals surface area contributed by atoms with E-state index in [1.54, 1.807) is 6.07 Å². The Balaban J connectivity index is 1.63. The van der Waals surface area contributed by atoms with Gasteiger partial charge >= 0.3 is 0 Å². The van der Waals surface area contributed by atoms with Gasteiger partial charge in [-0.3, -0.25) is 0 Å². The van der Waals surface area contributed by atoms with Gasteiger partial charge in [-0.05, 0) is 42.8 Å². The van der Waals surface area contributed by atoms with Gasteiger partial charge in [-0.25, -0.2) is 4.39 Å². The number of fused-ring (bicyclic) bond motifs is 1. The van der Waals surface area contributed by atoms with Crippen LogP contribution in [0.15, 0.2) is 36.4 Å². The molecule has 1 heterocycles. The number of halogens is 1. The molecule has 1 unspecified atom stereocenters. The van der Waals surface area contributed by atoms with Crippen molar-refractivity contribution in [3.63, 3.8) is 0 Å². The summed E-state index contributed by atoms with van der Waals surface area (Å²) in [6.07, 6.45) is 0.547. The average Bonchev–Trinajstić information content (AvgIpc) is 2.79. The highest BCUT2D eigenvalue weighted by molar-refractivity contribution is 5.54. The van der Waals surface area contributed by atoms with E-state index in [4.69, 9.17) is 15.2 Å². The smallest absolute Gasteiger partial charge is 0.142 e. The number of nitrogen functional groups attached to an aromatic ring is 1. The SMILES string of the molecule is Cc1ccc(OCC2Cc3cc(F)ccc3O2)c(N)c1. The lowest BCUT2D eigenvalue weighted by molar-refractivity contribution is 0.149. The van der Waals surface area contributed by atoms with Crippen LogP contribution in [0.1, 0.15) is 11.1 Å². The Bertz CT molecular complexity index is 642. The van der Waals surface area contributed by atoms with Gasteiger partial charge < -0.3 is 15.2 Å². The second-order valence-corrected chi connectivity index (χ2v) is 5.05. The zero-order valence-electron chi connectivity index (χ0n) is 11.2. The molecule has 20 heavy (non-hydrogen) atoms. The third-order valence-corrected chi connectivity index (χ3v) is 3.35. The Morgan fingerprint density at radius 2 is 2.15 bits per heavy atom. The second-order valence-electron chi connectivity index (χ2n) is 5.05. The minimum atomic E-state index is -0.239. The number of hydrogen-bond acceptors (Lipinski definition) is 3. The predicted octanol–water partition coefficient (Wildman–Crippen LogP) is 3.10. The van der Waals surface area contributed by atoms with Gasteiger partial charge in [0.15, 0.2) is 0 Å². The van der Waals surface area contributed by atoms with E-state index >= 15 is 0 Å². The van der Waals surface area contributed by atoms with E-state index in [1.165, 1.54) is 12.1 Å². The van der Waals surface area contributed by atoms with Gasteiger partial charge in [-0.2, -0.15) is 0 Å². The normalized spacial score (nSPS) is 16.6. The highest BCUT2D eigenvalue weighted by Crippen LogP contribution is 2.30. The third-order valence-electron chi connectivity index (χ3n) is 3.35. The van der Waals surface area contributed by atoms with Crippen LogP contribution in [0.5, 0.6) is 11.5 Å². The molecule has 0 radical (unpaired) electrons. The first-order chi connectivity index (χ1) is 9.61. The Labute approximate surface area is 117 Å². The van der Waals surface area contributed by atoms with Gasteiger partial charge in [0.1, 0.15) is 30.0 Å². The van der Waals surface area contributed by atoms with Crippen LogP contribution in [-0.2, 0) is 6.42 Å². The van der Waals surface area contributed by atoms with Crippen molar-refractivity contribution in [1.29, 1.82) is 0 Å². The van der Waals surface area contributed by atoms with E-state index in [0.29, 0.717) is 24.5 Å². The molecule has 0 amide bonds. The zero-order valence-corrected chi connectivity index (χ0v) is 11.2. The molecule has 2 aromatic carbocycles. The second kappa shape index (κ2) is 5.04. The molecule has 4 heteroatoms. The van der Waals surface area contributed by atoms with Gasteiger partial charge in [-0.15, -0.1) is 0 Å². The lowest BCUT2D eigenvalue weighted by Crippen LogP contribution is -2.22. The predicted molar refractivity (Wildman–Crippen MR) is 75.6 cm³/mol. The molecule has 2 N–H and O–H groups in total. The molecule has 0 saturated carbocycles. The monoisotopic (exact) mass is 273 g/mol. The van der Waals surface area contributed by atoms with Crippen molar-refractivity contribution in [2.45, 2.75) is 19.4 Å². The number of benzene rings is 2. The average molecular weight is 273 g/mol. The Morgan fingerprint density at radius 3 is 2.95 bits per heavy atom. The molecule has 2 aromatic rings. The number of aryl methyl sites for hydroxylation is 1. The van der Waals surface area contributed by atoms with Crippen LogP contribution in [0.25, 0.3) is 0 Å². The molecule has 0 saturated heterocycles. The lowest BCUT2D eigenvalue weighted by Gasteiger charge is -2.14. The fourth-order valence-corrected chi connectivity index (χ4v) is 2.36. The summed E-state index contributed by atoms with van der Waals surface area (Å²) >= 11 is 0. The number of hydrogen-bond donors (Lipinski definition) is 1. The molecule has 1 aliphatic heterocycles. The van der Waals surface area contributed by atoms with Crippen molar-refractivity contribution in [1.82, 2.24) is 0 Å². The summed E-state index contributed by atoms with van der Waals surface area (Å²) in [6.45, 7) is 2.37. The lowest BCUT2D eigenvalue weighted by atomic mass is 10.1. The molecule has 0 aromatic heterocycles. The Hall–Kier alpha value is -2.23. The minimum Gasteiger partial charge on any atom is -0.488 e. The highest BCUT2D eigenvalue weighted by atomic mass is 19.1. The molecule has 0 spiro atoms. The van der Waals surface area contributed by atoms with E-state index in [-0.39, 0.29) is 11.9 Å². The van der Waals surface area contributed by atoms with Crippen LogP contribution in [0.3, 0.4) is 0 Å². The van der Waals surface area contributed by atoms with Crippen molar-refractivity contribution < 1.29 is 13.9 Å². The largest absolute Gasteiger partial charge is 0.488 e. The van der Waals surface area contributed by atoms with Crippen LogP contribution in [0.4, 0.5) is 10.1 Å². The topological polar surface area (TPSA) is 44.5 Å². The fraction of sp³-hybridized carbons (Fsp3) is 0.250. The maximum Gasteiger partial charge on any atom is 0.142 e. The number of nitrogens with two attached hydrogens (primary N) is 1. The number of anilines is 1. The van der Waals surface area contributed by atoms with Gasteiger partial charge in [0, 0.05) is 12.0 Å². The Morgan fingerprint density at radius 1 is 1.30 bits per heavy atom. The van der Waals surface area contributed by atoms with Crippen molar-refractivity contribution in [3.05, 3.63) is 53.3 Å². The molecule has 104 valence electrons. The number of rotatable bonds is 3. The molecule has 3 rings (SSSR count). The molecule has 1 atom stereocenters. The Kier molecular flexibility index (Phi) is 3.22. The van der Waals surface area contributed by atoms with Gasteiger partial charge in [0.25, 0.3) is 0 Å². The van der Waals surface area contributed by atoms with E-state index < -0.39 is 0 Å². The van der Waals surface area contributed by atoms with Crippen LogP contribution >= 0.6 is 0 Å². The van der Waals surface area contributed by atoms with E-state index in [0.717, 1.165) is 16.9 Å². The maximum absolute atomic E-state index is 13.1. The molecule has 1 aliphatic rings. The van der Waals surface area contributed by atoms with Crippen molar-refractivity contribution >= 4 is 5.69 Å². The van der Waals surface area contributed by atoms with E-state index in [9.17, 15) is 4.39 Å². The maximum atomic E-state index is 13.1. The minimum absolute atomic E-state index is 0.104. The zero-order chi connectivity index (χ0) is 14.1. The molecule has 0 bridgehead atoms.